The van der Waals surface area contributed by atoms with Gasteiger partial charge in [-0.3, -0.25) is 0 Å². The molecule has 0 aromatic carbocycles. The van der Waals surface area contributed by atoms with Crippen molar-refractivity contribution in [1.29, 1.82) is 0 Å². The number of hydrogen-bond acceptors (Lipinski definition) is 3. The molecule has 2 atom stereocenters. The third-order valence-corrected chi connectivity index (χ3v) is 3.88. The van der Waals surface area contributed by atoms with Gasteiger partial charge in [0, 0.05) is 12.0 Å². The van der Waals surface area contributed by atoms with Gasteiger partial charge in [-0.05, 0) is 6.92 Å². The van der Waals surface area contributed by atoms with Crippen molar-refractivity contribution in [3.8, 4) is 0 Å². The SMILES string of the molecule is C=C(C)C(=O)OC(F)(C(F)(F)F)C(F)(F)C(F)(F)C(F)(F)C(F)(F)C(F)(F)C(O)(F)CC. The number of hydrogen-bond donors (Lipinski definition) is 1. The predicted molar refractivity (Wildman–Crippen MR) is 71.9 cm³/mol. The van der Waals surface area contributed by atoms with Gasteiger partial charge in [0.2, 0.25) is 0 Å². The number of esters is 1. The fourth-order valence-corrected chi connectivity index (χ4v) is 1.77. The molecule has 3 nitrogen and oxygen atoms in total. The molecular formula is C14H11F15O3. The number of alkyl halides is 15. The van der Waals surface area contributed by atoms with Crippen molar-refractivity contribution in [1.82, 2.24) is 0 Å². The second-order valence-corrected chi connectivity index (χ2v) is 6.25. The van der Waals surface area contributed by atoms with Crippen LogP contribution in [0.25, 0.3) is 0 Å². The lowest BCUT2D eigenvalue weighted by molar-refractivity contribution is -0.474. The molecule has 0 rings (SSSR count). The molecule has 0 heterocycles. The van der Waals surface area contributed by atoms with Crippen LogP contribution in [-0.4, -0.2) is 58.6 Å². The number of ether oxygens (including phenoxy) is 1. The Morgan fingerprint density at radius 2 is 1.03 bits per heavy atom. The zero-order valence-electron chi connectivity index (χ0n) is 15.3. The number of halogens is 15. The van der Waals surface area contributed by atoms with Crippen LogP contribution in [0, 0.1) is 0 Å². The summed E-state index contributed by atoms with van der Waals surface area (Å²) in [4.78, 5) is 11.0. The maximum atomic E-state index is 14.0. The van der Waals surface area contributed by atoms with Gasteiger partial charge in [0.05, 0.1) is 0 Å². The summed E-state index contributed by atoms with van der Waals surface area (Å²) >= 11 is 0. The van der Waals surface area contributed by atoms with Gasteiger partial charge in [0.1, 0.15) is 0 Å². The summed E-state index contributed by atoms with van der Waals surface area (Å²) < 4.78 is 204. The number of rotatable bonds is 9. The van der Waals surface area contributed by atoms with Gasteiger partial charge >= 0.3 is 47.6 Å². The molecule has 0 aromatic heterocycles. The molecule has 0 aliphatic rings. The Labute approximate surface area is 167 Å². The molecule has 0 aliphatic heterocycles. The smallest absolute Gasteiger partial charge is 0.411 e. The van der Waals surface area contributed by atoms with E-state index in [1.165, 1.54) is 0 Å². The second-order valence-electron chi connectivity index (χ2n) is 6.25. The van der Waals surface area contributed by atoms with E-state index in [9.17, 15) is 70.7 Å². The third kappa shape index (κ3) is 3.87. The normalized spacial score (nSPS) is 18.6. The summed E-state index contributed by atoms with van der Waals surface area (Å²) in [5.41, 5.74) is -1.41. The van der Waals surface area contributed by atoms with E-state index in [1.807, 2.05) is 0 Å². The number of carbonyl (C=O) groups excluding carboxylic acids is 1. The van der Waals surface area contributed by atoms with E-state index in [0.29, 0.717) is 6.92 Å². The Morgan fingerprint density at radius 3 is 1.31 bits per heavy atom. The molecule has 0 saturated carbocycles. The van der Waals surface area contributed by atoms with Crippen molar-refractivity contribution >= 4 is 5.97 Å². The standard InChI is InChI=1S/C14H11F15O3/c1-4-7(15,31)8(16,17)9(18,19)10(20,21)11(22,23)12(24,25)13(26,14(27,28)29)32-6(30)5(2)3/h31H,2,4H2,1,3H3. The van der Waals surface area contributed by atoms with Crippen LogP contribution >= 0.6 is 0 Å². The molecule has 0 saturated heterocycles. The molecule has 0 spiro atoms. The zero-order chi connectivity index (χ0) is 26.6. The summed E-state index contributed by atoms with van der Waals surface area (Å²) in [5.74, 6) is -56.7. The van der Waals surface area contributed by atoms with Crippen molar-refractivity contribution in [2.45, 2.75) is 67.8 Å². The molecule has 32 heavy (non-hydrogen) atoms. The molecule has 0 aromatic rings. The monoisotopic (exact) mass is 512 g/mol. The lowest BCUT2D eigenvalue weighted by Crippen LogP contribution is -2.76. The highest BCUT2D eigenvalue weighted by Crippen LogP contribution is 2.63. The third-order valence-electron chi connectivity index (χ3n) is 3.88. The Hall–Kier alpha value is -1.88. The predicted octanol–water partition coefficient (Wildman–Crippen LogP) is 5.58. The summed E-state index contributed by atoms with van der Waals surface area (Å²) in [6.45, 7) is 2.84. The molecule has 0 fully saturated rings. The molecule has 2 unspecified atom stereocenters. The van der Waals surface area contributed by atoms with E-state index >= 15 is 0 Å². The lowest BCUT2D eigenvalue weighted by Gasteiger charge is -2.44. The number of aliphatic hydroxyl groups is 1. The fourth-order valence-electron chi connectivity index (χ4n) is 1.77. The summed E-state index contributed by atoms with van der Waals surface area (Å²) in [6.07, 6.45) is -9.79. The quantitative estimate of drug-likeness (QED) is 0.250. The molecule has 0 aliphatic carbocycles. The van der Waals surface area contributed by atoms with E-state index in [2.05, 4.69) is 11.3 Å². The number of carbonyl (C=O) groups is 1. The lowest BCUT2D eigenvalue weighted by atomic mass is 9.87. The van der Waals surface area contributed by atoms with Gasteiger partial charge in [0.15, 0.2) is 0 Å². The first-order chi connectivity index (χ1) is 13.6. The first-order valence-corrected chi connectivity index (χ1v) is 7.58. The van der Waals surface area contributed by atoms with E-state index in [4.69, 9.17) is 5.11 Å². The maximum absolute atomic E-state index is 14.0. The highest BCUT2D eigenvalue weighted by atomic mass is 19.4. The highest BCUT2D eigenvalue weighted by molar-refractivity contribution is 5.87. The second kappa shape index (κ2) is 7.86. The summed E-state index contributed by atoms with van der Waals surface area (Å²) in [5, 5.41) is 8.49. The van der Waals surface area contributed by atoms with Gasteiger partial charge in [-0.15, -0.1) is 0 Å². The van der Waals surface area contributed by atoms with Crippen molar-refractivity contribution in [2.24, 2.45) is 0 Å². The van der Waals surface area contributed by atoms with Crippen LogP contribution in [0.2, 0.25) is 0 Å². The van der Waals surface area contributed by atoms with E-state index in [1.54, 1.807) is 0 Å². The molecular weight excluding hydrogens is 501 g/mol. The van der Waals surface area contributed by atoms with Crippen molar-refractivity contribution < 1.29 is 80.5 Å². The van der Waals surface area contributed by atoms with E-state index in [0.717, 1.165) is 0 Å². The van der Waals surface area contributed by atoms with Crippen LogP contribution in [-0.2, 0) is 9.53 Å². The maximum Gasteiger partial charge on any atom is 0.467 e. The van der Waals surface area contributed by atoms with Gasteiger partial charge in [-0.2, -0.15) is 61.5 Å². The van der Waals surface area contributed by atoms with Crippen LogP contribution in [0.5, 0.6) is 0 Å². The fraction of sp³-hybridized carbons (Fsp3) is 0.786. The Balaban J connectivity index is 7.01. The largest absolute Gasteiger partial charge is 0.467 e. The average molecular weight is 512 g/mol. The highest BCUT2D eigenvalue weighted by Gasteiger charge is 2.95. The van der Waals surface area contributed by atoms with Gasteiger partial charge in [-0.25, -0.2) is 9.18 Å². The van der Waals surface area contributed by atoms with Crippen molar-refractivity contribution in [3.05, 3.63) is 12.2 Å². The van der Waals surface area contributed by atoms with Crippen LogP contribution < -0.4 is 0 Å². The summed E-state index contributed by atoms with van der Waals surface area (Å²) in [6, 6.07) is 0. The zero-order valence-corrected chi connectivity index (χ0v) is 15.3. The first kappa shape index (κ1) is 30.1. The van der Waals surface area contributed by atoms with E-state index < -0.39 is 65.5 Å². The minimum absolute atomic E-state index is 0.0716. The Bertz CT molecular complexity index is 740. The molecule has 0 bridgehead atoms. The minimum atomic E-state index is -8.46. The van der Waals surface area contributed by atoms with Gasteiger partial charge in [-0.1, -0.05) is 13.5 Å². The summed E-state index contributed by atoms with van der Waals surface area (Å²) in [7, 11) is 0. The Morgan fingerprint density at radius 1 is 0.719 bits per heavy atom. The molecule has 18 heteroatoms. The van der Waals surface area contributed by atoms with Crippen molar-refractivity contribution in [3.63, 3.8) is 0 Å². The molecule has 1 N–H and O–H groups in total. The minimum Gasteiger partial charge on any atom is -0.411 e. The van der Waals surface area contributed by atoms with Crippen LogP contribution in [0.15, 0.2) is 12.2 Å². The van der Waals surface area contributed by atoms with Gasteiger partial charge < -0.3 is 9.84 Å². The van der Waals surface area contributed by atoms with Crippen LogP contribution in [0.3, 0.4) is 0 Å². The first-order valence-electron chi connectivity index (χ1n) is 7.58. The Kier molecular flexibility index (Phi) is 7.40. The topological polar surface area (TPSA) is 46.5 Å². The van der Waals surface area contributed by atoms with Crippen molar-refractivity contribution in [2.75, 3.05) is 0 Å². The van der Waals surface area contributed by atoms with Gasteiger partial charge in [0.25, 0.3) is 5.85 Å². The van der Waals surface area contributed by atoms with Crippen LogP contribution in [0.4, 0.5) is 65.9 Å². The average Bonchev–Trinajstić information content (AvgIpc) is 2.59. The van der Waals surface area contributed by atoms with E-state index in [-0.39, 0.29) is 6.92 Å². The molecule has 0 radical (unpaired) electrons. The van der Waals surface area contributed by atoms with Crippen LogP contribution in [0.1, 0.15) is 20.3 Å². The molecule has 0 amide bonds. The molecule has 190 valence electrons.